The molecule has 1 fully saturated rings. The minimum atomic E-state index is -0.225. The maximum absolute atomic E-state index is 11.6. The smallest absolute Gasteiger partial charge is 0.409 e. The lowest BCUT2D eigenvalue weighted by molar-refractivity contribution is 0.0914. The number of carbonyl (C=O) groups excluding carboxylic acids is 1. The van der Waals surface area contributed by atoms with E-state index in [1.165, 1.54) is 0 Å². The number of nitrogens with one attached hydrogen (secondary N) is 1. The van der Waals surface area contributed by atoms with Gasteiger partial charge in [-0.05, 0) is 20.3 Å². The Balaban J connectivity index is 2.28. The number of guanidine groups is 1. The Labute approximate surface area is 127 Å². The molecular weight excluding hydrogens is 272 g/mol. The van der Waals surface area contributed by atoms with Gasteiger partial charge in [-0.25, -0.2) is 4.79 Å². The Hall–Kier alpha value is -1.50. The first-order valence-electron chi connectivity index (χ1n) is 7.67. The number of hydrogen-bond acceptors (Lipinski definition) is 4. The average Bonchev–Trinajstić information content (AvgIpc) is 2.51. The van der Waals surface area contributed by atoms with E-state index in [0.717, 1.165) is 45.2 Å². The topological polar surface area (TPSA) is 66.4 Å². The summed E-state index contributed by atoms with van der Waals surface area (Å²) in [5.74, 6) is 0.884. The molecule has 0 saturated carbocycles. The van der Waals surface area contributed by atoms with Crippen LogP contribution in [0, 0.1) is 0 Å². The van der Waals surface area contributed by atoms with Gasteiger partial charge in [-0.2, -0.15) is 0 Å². The minimum absolute atomic E-state index is 0.225. The summed E-state index contributed by atoms with van der Waals surface area (Å²) >= 11 is 0. The molecule has 7 heteroatoms. The highest BCUT2D eigenvalue weighted by atomic mass is 16.6. The highest BCUT2D eigenvalue weighted by Gasteiger charge is 2.23. The lowest BCUT2D eigenvalue weighted by atomic mass is 10.3. The standard InChI is InChI=1S/C14H28N4O3/c1-4-20-12-6-7-16-13(15-3)17-8-10-18(11-9-17)14(19)21-5-2/h4-12H2,1-3H3,(H,15,16). The second kappa shape index (κ2) is 10.3. The van der Waals surface area contributed by atoms with Crippen molar-refractivity contribution in [3.8, 4) is 0 Å². The van der Waals surface area contributed by atoms with E-state index in [2.05, 4.69) is 15.2 Å². The van der Waals surface area contributed by atoms with Crippen molar-refractivity contribution < 1.29 is 14.3 Å². The maximum atomic E-state index is 11.6. The number of amides is 1. The highest BCUT2D eigenvalue weighted by Crippen LogP contribution is 2.04. The van der Waals surface area contributed by atoms with Gasteiger partial charge in [0.25, 0.3) is 0 Å². The van der Waals surface area contributed by atoms with Crippen molar-refractivity contribution in [3.05, 3.63) is 0 Å². The van der Waals surface area contributed by atoms with E-state index < -0.39 is 0 Å². The summed E-state index contributed by atoms with van der Waals surface area (Å²) in [5.41, 5.74) is 0. The highest BCUT2D eigenvalue weighted by molar-refractivity contribution is 5.80. The van der Waals surface area contributed by atoms with E-state index >= 15 is 0 Å². The van der Waals surface area contributed by atoms with Gasteiger partial charge in [0.2, 0.25) is 0 Å². The molecule has 0 bridgehead atoms. The van der Waals surface area contributed by atoms with Crippen LogP contribution in [0.15, 0.2) is 4.99 Å². The predicted molar refractivity (Wildman–Crippen MR) is 82.6 cm³/mol. The Kier molecular flexibility index (Phi) is 8.57. The van der Waals surface area contributed by atoms with Crippen molar-refractivity contribution in [2.24, 2.45) is 4.99 Å². The lowest BCUT2D eigenvalue weighted by Crippen LogP contribution is -2.54. The molecule has 0 aromatic rings. The van der Waals surface area contributed by atoms with E-state index in [1.807, 2.05) is 13.8 Å². The lowest BCUT2D eigenvalue weighted by Gasteiger charge is -2.35. The first kappa shape index (κ1) is 17.6. The molecule has 0 aromatic heterocycles. The monoisotopic (exact) mass is 300 g/mol. The molecule has 1 heterocycles. The summed E-state index contributed by atoms with van der Waals surface area (Å²) in [7, 11) is 1.78. The number of hydrogen-bond donors (Lipinski definition) is 1. The molecule has 0 spiro atoms. The van der Waals surface area contributed by atoms with E-state index in [4.69, 9.17) is 9.47 Å². The van der Waals surface area contributed by atoms with Crippen LogP contribution in [0.3, 0.4) is 0 Å². The molecule has 1 aliphatic heterocycles. The molecule has 1 aliphatic rings. The van der Waals surface area contributed by atoms with Gasteiger partial charge in [0.15, 0.2) is 5.96 Å². The first-order chi connectivity index (χ1) is 10.2. The van der Waals surface area contributed by atoms with Crippen molar-refractivity contribution in [2.45, 2.75) is 20.3 Å². The second-order valence-corrected chi connectivity index (χ2v) is 4.70. The summed E-state index contributed by atoms with van der Waals surface area (Å²) in [4.78, 5) is 19.8. The number of aliphatic imine (C=N–C) groups is 1. The minimum Gasteiger partial charge on any atom is -0.450 e. The molecule has 7 nitrogen and oxygen atoms in total. The van der Waals surface area contributed by atoms with Crippen LogP contribution in [0.2, 0.25) is 0 Å². The van der Waals surface area contributed by atoms with Crippen LogP contribution >= 0.6 is 0 Å². The van der Waals surface area contributed by atoms with E-state index in [9.17, 15) is 4.79 Å². The fourth-order valence-electron chi connectivity index (χ4n) is 2.17. The summed E-state index contributed by atoms with van der Waals surface area (Å²) in [6.07, 6.45) is 0.729. The zero-order chi connectivity index (χ0) is 15.5. The third kappa shape index (κ3) is 6.20. The fraction of sp³-hybridized carbons (Fsp3) is 0.857. The molecule has 1 amide bonds. The summed E-state index contributed by atoms with van der Waals surface area (Å²) in [6, 6.07) is 0. The van der Waals surface area contributed by atoms with Gasteiger partial charge in [0.05, 0.1) is 6.61 Å². The van der Waals surface area contributed by atoms with Crippen LogP contribution in [0.5, 0.6) is 0 Å². The molecule has 1 rings (SSSR count). The molecule has 0 unspecified atom stereocenters. The van der Waals surface area contributed by atoms with Crippen LogP contribution < -0.4 is 5.32 Å². The number of rotatable bonds is 6. The molecule has 1 N–H and O–H groups in total. The quantitative estimate of drug-likeness (QED) is 0.446. The third-order valence-electron chi connectivity index (χ3n) is 3.27. The molecule has 122 valence electrons. The molecular formula is C14H28N4O3. The number of ether oxygens (including phenoxy) is 2. The van der Waals surface area contributed by atoms with Crippen molar-refractivity contribution in [1.82, 2.24) is 15.1 Å². The first-order valence-corrected chi connectivity index (χ1v) is 7.67. The van der Waals surface area contributed by atoms with Crippen molar-refractivity contribution >= 4 is 12.1 Å². The largest absolute Gasteiger partial charge is 0.450 e. The van der Waals surface area contributed by atoms with Gasteiger partial charge < -0.3 is 24.6 Å². The molecule has 0 aliphatic carbocycles. The van der Waals surface area contributed by atoms with Gasteiger partial charge in [-0.3, -0.25) is 4.99 Å². The fourth-order valence-corrected chi connectivity index (χ4v) is 2.17. The van der Waals surface area contributed by atoms with Crippen LogP contribution in [0.25, 0.3) is 0 Å². The van der Waals surface area contributed by atoms with Crippen molar-refractivity contribution in [3.63, 3.8) is 0 Å². The summed E-state index contributed by atoms with van der Waals surface area (Å²) < 4.78 is 10.3. The zero-order valence-corrected chi connectivity index (χ0v) is 13.4. The van der Waals surface area contributed by atoms with Crippen LogP contribution in [-0.4, -0.2) is 81.4 Å². The van der Waals surface area contributed by atoms with Crippen molar-refractivity contribution in [1.29, 1.82) is 0 Å². The molecule has 21 heavy (non-hydrogen) atoms. The normalized spacial score (nSPS) is 16.0. The van der Waals surface area contributed by atoms with E-state index in [1.54, 1.807) is 11.9 Å². The van der Waals surface area contributed by atoms with E-state index in [0.29, 0.717) is 19.7 Å². The Morgan fingerprint density at radius 1 is 1.14 bits per heavy atom. The van der Waals surface area contributed by atoms with Gasteiger partial charge in [0, 0.05) is 53.0 Å². The molecule has 0 aromatic carbocycles. The van der Waals surface area contributed by atoms with Crippen LogP contribution in [-0.2, 0) is 9.47 Å². The SMILES string of the molecule is CCOCCCNC(=NC)N1CCN(C(=O)OCC)CC1. The third-order valence-corrected chi connectivity index (χ3v) is 3.27. The summed E-state index contributed by atoms with van der Waals surface area (Å²) in [6.45, 7) is 9.46. The molecule has 0 radical (unpaired) electrons. The van der Waals surface area contributed by atoms with E-state index in [-0.39, 0.29) is 6.09 Å². The Bertz CT molecular complexity index is 328. The molecule has 0 atom stereocenters. The predicted octanol–water partition coefficient (Wildman–Crippen LogP) is 0.763. The zero-order valence-electron chi connectivity index (χ0n) is 13.4. The maximum Gasteiger partial charge on any atom is 0.409 e. The second-order valence-electron chi connectivity index (χ2n) is 4.70. The van der Waals surface area contributed by atoms with Crippen LogP contribution in [0.1, 0.15) is 20.3 Å². The van der Waals surface area contributed by atoms with Gasteiger partial charge in [-0.1, -0.05) is 0 Å². The average molecular weight is 300 g/mol. The number of nitrogens with zero attached hydrogens (tertiary/aromatic N) is 3. The summed E-state index contributed by atoms with van der Waals surface area (Å²) in [5, 5.41) is 3.33. The van der Waals surface area contributed by atoms with Gasteiger partial charge >= 0.3 is 6.09 Å². The van der Waals surface area contributed by atoms with Crippen LogP contribution in [0.4, 0.5) is 4.79 Å². The van der Waals surface area contributed by atoms with Crippen molar-refractivity contribution in [2.75, 3.05) is 59.6 Å². The number of carbonyl (C=O) groups is 1. The molecule has 1 saturated heterocycles. The Morgan fingerprint density at radius 2 is 1.81 bits per heavy atom. The van der Waals surface area contributed by atoms with Gasteiger partial charge in [0.1, 0.15) is 0 Å². The number of piperazine rings is 1. The Morgan fingerprint density at radius 3 is 2.38 bits per heavy atom. The van der Waals surface area contributed by atoms with Gasteiger partial charge in [-0.15, -0.1) is 0 Å².